The average molecular weight is 375 g/mol. The van der Waals surface area contributed by atoms with Gasteiger partial charge in [-0.3, -0.25) is 4.90 Å². The Balaban J connectivity index is 1.40. The summed E-state index contributed by atoms with van der Waals surface area (Å²) < 4.78 is 1.05. The lowest BCUT2D eigenvalue weighted by Crippen LogP contribution is -2.20. The summed E-state index contributed by atoms with van der Waals surface area (Å²) in [4.78, 5) is 6.96. The summed E-state index contributed by atoms with van der Waals surface area (Å²) in [5.41, 5.74) is 0. The van der Waals surface area contributed by atoms with E-state index < -0.39 is 0 Å². The minimum atomic E-state index is 1.05. The topological polar surface area (TPSA) is 16.1 Å². The molecule has 1 aliphatic rings. The minimum Gasteiger partial charge on any atom is -0.293 e. The number of hydrogen-bond donors (Lipinski definition) is 0. The van der Waals surface area contributed by atoms with Crippen LogP contribution < -0.4 is 0 Å². The summed E-state index contributed by atoms with van der Waals surface area (Å²) in [6.07, 6.45) is 8.69. The van der Waals surface area contributed by atoms with Crippen molar-refractivity contribution in [2.45, 2.75) is 37.1 Å². The number of nitrogens with zero attached hydrogens (tertiary/aromatic N) is 2. The Morgan fingerprint density at radius 1 is 1.20 bits per heavy atom. The highest BCUT2D eigenvalue weighted by atomic mass is 79.9. The molecule has 0 atom stereocenters. The van der Waals surface area contributed by atoms with E-state index in [1.54, 1.807) is 0 Å². The molecule has 0 N–H and O–H groups in total. The van der Waals surface area contributed by atoms with E-state index >= 15 is 0 Å². The summed E-state index contributed by atoms with van der Waals surface area (Å²) in [5, 5.41) is 1.14. The number of aromatic nitrogens is 1. The smallest absolute Gasteiger partial charge is 0.0960 e. The summed E-state index contributed by atoms with van der Waals surface area (Å²) in [7, 11) is 0. The van der Waals surface area contributed by atoms with E-state index in [0.29, 0.717) is 0 Å². The maximum absolute atomic E-state index is 4.38. The Hall–Kier alpha value is 0.290. The van der Waals surface area contributed by atoms with Crippen LogP contribution in [-0.2, 0) is 0 Å². The van der Waals surface area contributed by atoms with Gasteiger partial charge in [-0.05, 0) is 53.2 Å². The van der Waals surface area contributed by atoms with Crippen molar-refractivity contribution in [2.24, 2.45) is 0 Å². The van der Waals surface area contributed by atoms with E-state index in [2.05, 4.69) is 49.7 Å². The van der Waals surface area contributed by atoms with Crippen LogP contribution in [0, 0.1) is 0 Å². The van der Waals surface area contributed by atoms with Crippen molar-refractivity contribution in [3.63, 3.8) is 0 Å². The standard InChI is InChI=1S/C15H23BrN2S2/c16-14-6-7-15(17-12-14)20-10-5-3-1-2-4-8-18-9-11-19-13-18/h6-7,12H,1-5,8-11,13H2. The minimum absolute atomic E-state index is 1.05. The normalized spacial score (nSPS) is 15.8. The molecular formula is C15H23BrN2S2. The first-order valence-corrected chi connectivity index (χ1v) is 10.3. The molecule has 1 fully saturated rings. The van der Waals surface area contributed by atoms with Crippen LogP contribution in [0.25, 0.3) is 0 Å². The van der Waals surface area contributed by atoms with Crippen LogP contribution in [0.15, 0.2) is 27.8 Å². The van der Waals surface area contributed by atoms with Crippen molar-refractivity contribution in [1.82, 2.24) is 9.88 Å². The molecule has 2 heterocycles. The summed E-state index contributed by atoms with van der Waals surface area (Å²) in [5.74, 6) is 3.79. The van der Waals surface area contributed by atoms with Crippen molar-refractivity contribution in [3.8, 4) is 0 Å². The van der Waals surface area contributed by atoms with Gasteiger partial charge in [0.2, 0.25) is 0 Å². The monoisotopic (exact) mass is 374 g/mol. The second kappa shape index (κ2) is 10.1. The number of thioether (sulfide) groups is 2. The van der Waals surface area contributed by atoms with E-state index in [4.69, 9.17) is 0 Å². The molecule has 1 aromatic heterocycles. The number of pyridine rings is 1. The third kappa shape index (κ3) is 6.83. The number of unbranched alkanes of at least 4 members (excludes halogenated alkanes) is 4. The predicted octanol–water partition coefficient (Wildman–Crippen LogP) is 4.89. The van der Waals surface area contributed by atoms with Gasteiger partial charge in [0, 0.05) is 28.8 Å². The Labute approximate surface area is 139 Å². The second-order valence-corrected chi connectivity index (χ2v) is 8.19. The Morgan fingerprint density at radius 2 is 2.05 bits per heavy atom. The molecule has 2 nitrogen and oxygen atoms in total. The SMILES string of the molecule is Brc1ccc(SCCCCCCCN2CCSC2)nc1. The van der Waals surface area contributed by atoms with Gasteiger partial charge in [0.25, 0.3) is 0 Å². The third-order valence-electron chi connectivity index (χ3n) is 3.39. The van der Waals surface area contributed by atoms with Gasteiger partial charge in [-0.15, -0.1) is 23.5 Å². The summed E-state index contributed by atoms with van der Waals surface area (Å²) >= 11 is 7.35. The van der Waals surface area contributed by atoms with Crippen molar-refractivity contribution in [2.75, 3.05) is 30.5 Å². The van der Waals surface area contributed by atoms with Crippen LogP contribution in [0.5, 0.6) is 0 Å². The zero-order chi connectivity index (χ0) is 14.0. The van der Waals surface area contributed by atoms with Gasteiger partial charge >= 0.3 is 0 Å². The van der Waals surface area contributed by atoms with Crippen LogP contribution in [0.3, 0.4) is 0 Å². The highest BCUT2D eigenvalue weighted by molar-refractivity contribution is 9.10. The maximum atomic E-state index is 4.38. The van der Waals surface area contributed by atoms with Gasteiger partial charge in [0.05, 0.1) is 5.03 Å². The van der Waals surface area contributed by atoms with Crippen LogP contribution >= 0.6 is 39.5 Å². The van der Waals surface area contributed by atoms with E-state index in [1.165, 1.54) is 62.6 Å². The van der Waals surface area contributed by atoms with E-state index in [9.17, 15) is 0 Å². The predicted molar refractivity (Wildman–Crippen MR) is 94.6 cm³/mol. The molecule has 20 heavy (non-hydrogen) atoms. The van der Waals surface area contributed by atoms with E-state index in [-0.39, 0.29) is 0 Å². The lowest BCUT2D eigenvalue weighted by atomic mass is 10.1. The first kappa shape index (κ1) is 16.7. The number of rotatable bonds is 9. The molecule has 0 unspecified atom stereocenters. The molecule has 1 saturated heterocycles. The molecule has 0 aliphatic carbocycles. The zero-order valence-electron chi connectivity index (χ0n) is 11.9. The van der Waals surface area contributed by atoms with Gasteiger partial charge in [-0.25, -0.2) is 4.98 Å². The van der Waals surface area contributed by atoms with Crippen LogP contribution in [0.1, 0.15) is 32.1 Å². The van der Waals surface area contributed by atoms with Crippen LogP contribution in [0.4, 0.5) is 0 Å². The second-order valence-electron chi connectivity index (χ2n) is 5.09. The van der Waals surface area contributed by atoms with Crippen molar-refractivity contribution >= 4 is 39.5 Å². The van der Waals surface area contributed by atoms with Crippen LogP contribution in [0.2, 0.25) is 0 Å². The fraction of sp³-hybridized carbons (Fsp3) is 0.667. The number of hydrogen-bond acceptors (Lipinski definition) is 4. The highest BCUT2D eigenvalue weighted by Gasteiger charge is 2.10. The van der Waals surface area contributed by atoms with Gasteiger partial charge < -0.3 is 0 Å². The number of halogens is 1. The zero-order valence-corrected chi connectivity index (χ0v) is 15.1. The molecule has 0 spiro atoms. The molecule has 1 aromatic rings. The first-order valence-electron chi connectivity index (χ1n) is 7.39. The molecule has 5 heteroatoms. The lowest BCUT2D eigenvalue weighted by Gasteiger charge is -2.12. The summed E-state index contributed by atoms with van der Waals surface area (Å²) in [6.45, 7) is 2.62. The Morgan fingerprint density at radius 3 is 2.80 bits per heavy atom. The Bertz CT molecular complexity index is 367. The fourth-order valence-electron chi connectivity index (χ4n) is 2.22. The lowest BCUT2D eigenvalue weighted by molar-refractivity contribution is 0.343. The van der Waals surface area contributed by atoms with Gasteiger partial charge in [0.15, 0.2) is 0 Å². The highest BCUT2D eigenvalue weighted by Crippen LogP contribution is 2.19. The van der Waals surface area contributed by atoms with Gasteiger partial charge in [0.1, 0.15) is 0 Å². The van der Waals surface area contributed by atoms with Crippen molar-refractivity contribution in [1.29, 1.82) is 0 Å². The van der Waals surface area contributed by atoms with Crippen LogP contribution in [-0.4, -0.2) is 40.4 Å². The quantitative estimate of drug-likeness (QED) is 0.451. The molecule has 0 saturated carbocycles. The van der Waals surface area contributed by atoms with Crippen molar-refractivity contribution < 1.29 is 0 Å². The molecule has 0 bridgehead atoms. The average Bonchev–Trinajstić information content (AvgIpc) is 2.97. The third-order valence-corrected chi connectivity index (χ3v) is 5.91. The summed E-state index contributed by atoms with van der Waals surface area (Å²) in [6, 6.07) is 4.15. The largest absolute Gasteiger partial charge is 0.293 e. The fourth-order valence-corrected chi connectivity index (χ4v) is 4.34. The first-order chi connectivity index (χ1) is 9.84. The molecule has 0 aromatic carbocycles. The molecule has 112 valence electrons. The molecule has 1 aliphatic heterocycles. The van der Waals surface area contributed by atoms with Gasteiger partial charge in [-0.2, -0.15) is 0 Å². The Kier molecular flexibility index (Phi) is 8.40. The molecule has 2 rings (SSSR count). The molecule has 0 radical (unpaired) electrons. The van der Waals surface area contributed by atoms with Crippen molar-refractivity contribution in [3.05, 3.63) is 22.8 Å². The molecule has 0 amide bonds. The van der Waals surface area contributed by atoms with E-state index in [0.717, 1.165) is 9.50 Å². The van der Waals surface area contributed by atoms with E-state index in [1.807, 2.05) is 18.0 Å². The molecular weight excluding hydrogens is 352 g/mol. The maximum Gasteiger partial charge on any atom is 0.0960 e. The van der Waals surface area contributed by atoms with Gasteiger partial charge in [-0.1, -0.05) is 19.3 Å².